The van der Waals surface area contributed by atoms with Crippen LogP contribution in [0.1, 0.15) is 22.5 Å². The Morgan fingerprint density at radius 1 is 0.574 bits per heavy atom. The molecule has 8 nitrogen and oxygen atoms in total. The second-order valence-corrected chi connectivity index (χ2v) is 17.5. The van der Waals surface area contributed by atoms with E-state index in [1.165, 1.54) is 30.3 Å². The van der Waals surface area contributed by atoms with E-state index in [2.05, 4.69) is 26.1 Å². The van der Waals surface area contributed by atoms with Gasteiger partial charge in [-0.15, -0.1) is 0 Å². The van der Waals surface area contributed by atoms with Gasteiger partial charge in [0.1, 0.15) is 24.6 Å². The summed E-state index contributed by atoms with van der Waals surface area (Å²) >= 11 is 27.9. The first-order valence-corrected chi connectivity index (χ1v) is 21.5. The van der Waals surface area contributed by atoms with Crippen LogP contribution in [-0.2, 0) is 35.4 Å². The molecule has 0 aliphatic heterocycles. The van der Waals surface area contributed by atoms with Crippen molar-refractivity contribution in [3.05, 3.63) is 168 Å². The summed E-state index contributed by atoms with van der Waals surface area (Å²) in [6.45, 7) is -0.00688. The Bertz CT molecular complexity index is 2740. The predicted molar refractivity (Wildman–Crippen MR) is 225 cm³/mol. The molecule has 0 saturated carbocycles. The van der Waals surface area contributed by atoms with E-state index in [0.717, 1.165) is 43.4 Å². The van der Waals surface area contributed by atoms with Gasteiger partial charge < -0.3 is 9.47 Å². The van der Waals surface area contributed by atoms with E-state index in [0.29, 0.717) is 11.1 Å². The number of sulfone groups is 1. The van der Waals surface area contributed by atoms with Gasteiger partial charge in [-0.25, -0.2) is 8.42 Å². The van der Waals surface area contributed by atoms with Crippen molar-refractivity contribution in [3.8, 4) is 34.3 Å². The van der Waals surface area contributed by atoms with E-state index in [-0.39, 0.29) is 61.3 Å². The van der Waals surface area contributed by atoms with Crippen LogP contribution in [0.25, 0.3) is 22.5 Å². The summed E-state index contributed by atoms with van der Waals surface area (Å²) in [5, 5.41) is 7.74. The van der Waals surface area contributed by atoms with Crippen LogP contribution in [0.15, 0.2) is 131 Å². The third kappa shape index (κ3) is 11.4. The van der Waals surface area contributed by atoms with Crippen LogP contribution in [0.5, 0.6) is 11.8 Å². The molecule has 5 aromatic carbocycles. The zero-order valence-electron chi connectivity index (χ0n) is 30.9. The number of alkyl halides is 6. The monoisotopic (exact) mass is 1000 g/mol. The molecule has 20 heteroatoms. The molecule has 0 N–H and O–H groups in total. The first-order valence-electron chi connectivity index (χ1n) is 17.3. The largest absolute Gasteiger partial charge is 0.473 e. The number of halogens is 11. The number of para-hydroxylation sites is 2. The highest BCUT2D eigenvalue weighted by Crippen LogP contribution is 2.38. The summed E-state index contributed by atoms with van der Waals surface area (Å²) in [7, 11) is -3.35. The zero-order valence-corrected chi connectivity index (χ0v) is 36.4. The molecule has 0 bridgehead atoms. The fraction of sp³-hybridized carbons (Fsp3) is 0.122. The molecule has 61 heavy (non-hydrogen) atoms. The second kappa shape index (κ2) is 18.7. The first kappa shape index (κ1) is 45.8. The molecular weight excluding hydrogens is 980 g/mol. The Balaban J connectivity index is 0.000000213. The van der Waals surface area contributed by atoms with E-state index in [4.69, 9.17) is 55.9 Å². The van der Waals surface area contributed by atoms with Gasteiger partial charge in [-0.1, -0.05) is 123 Å². The van der Waals surface area contributed by atoms with E-state index in [1.54, 1.807) is 66.7 Å². The molecule has 318 valence electrons. The molecule has 0 amide bonds. The van der Waals surface area contributed by atoms with Crippen molar-refractivity contribution in [1.82, 2.24) is 19.6 Å². The Morgan fingerprint density at radius 3 is 1.36 bits per heavy atom. The van der Waals surface area contributed by atoms with E-state index < -0.39 is 33.6 Å². The van der Waals surface area contributed by atoms with Crippen molar-refractivity contribution >= 4 is 72.2 Å². The molecule has 7 aromatic rings. The van der Waals surface area contributed by atoms with E-state index in [1.807, 2.05) is 12.1 Å². The quantitative estimate of drug-likeness (QED) is 0.127. The summed E-state index contributed by atoms with van der Waals surface area (Å²) in [6, 6.07) is 31.5. The van der Waals surface area contributed by atoms with Crippen molar-refractivity contribution in [2.24, 2.45) is 0 Å². The summed E-state index contributed by atoms with van der Waals surface area (Å²) < 4.78 is 117. The number of hydrogen-bond acceptors (Lipinski definition) is 6. The third-order valence-corrected chi connectivity index (χ3v) is 11.3. The molecule has 2 aromatic heterocycles. The van der Waals surface area contributed by atoms with Gasteiger partial charge in [0.05, 0.1) is 25.0 Å². The van der Waals surface area contributed by atoms with Gasteiger partial charge in [0.25, 0.3) is 0 Å². The molecule has 2 heterocycles. The SMILES string of the molecule is CS(=O)(=O)c1cccc(-c2ccc(COc3cc(C(F)(F)F)nn3-c3c(Cl)cccc3Cl)cc2)c1.FC(F)(F)c1cc(OCc2ccc(Br)cc2)n(-c2c(Cl)cccc2Cl)n1. The molecule has 0 radical (unpaired) electrons. The summed E-state index contributed by atoms with van der Waals surface area (Å²) in [5.41, 5.74) is 0.871. The Kier molecular flexibility index (Phi) is 14.1. The van der Waals surface area contributed by atoms with Crippen LogP contribution in [0.2, 0.25) is 20.1 Å². The molecule has 7 rings (SSSR count). The van der Waals surface area contributed by atoms with Crippen LogP contribution in [0.4, 0.5) is 26.3 Å². The summed E-state index contributed by atoms with van der Waals surface area (Å²) in [5.74, 6) is -0.299. The van der Waals surface area contributed by atoms with Gasteiger partial charge >= 0.3 is 12.4 Å². The lowest BCUT2D eigenvalue weighted by Crippen LogP contribution is -2.08. The van der Waals surface area contributed by atoms with Crippen LogP contribution >= 0.6 is 62.3 Å². The topological polar surface area (TPSA) is 88.2 Å². The fourth-order valence-electron chi connectivity index (χ4n) is 5.51. The van der Waals surface area contributed by atoms with Crippen LogP contribution in [0, 0.1) is 0 Å². The molecule has 0 atom stereocenters. The molecule has 0 fully saturated rings. The normalized spacial score (nSPS) is 11.9. The Hall–Kier alpha value is -4.71. The number of benzene rings is 5. The standard InChI is InChI=1S/C24H17Cl2F3N2O3S.C17H10BrCl2F3N2O/c1-35(32,33)18-5-2-4-17(12-18)16-10-8-15(9-11-16)14-34-22-13-21(24(27,28)29)30-31(22)23-19(25)6-3-7-20(23)26;18-11-6-4-10(5-7-11)9-26-15-8-14(17(21,22)23)24-25(15)16-12(19)2-1-3-13(16)20/h2-13H,14H2,1H3;1-8H,9H2. The van der Waals surface area contributed by atoms with Gasteiger partial charge in [-0.3, -0.25) is 0 Å². The van der Waals surface area contributed by atoms with Gasteiger partial charge in [-0.05, 0) is 70.8 Å². The van der Waals surface area contributed by atoms with Crippen LogP contribution in [0.3, 0.4) is 0 Å². The van der Waals surface area contributed by atoms with Crippen molar-refractivity contribution in [1.29, 1.82) is 0 Å². The van der Waals surface area contributed by atoms with E-state index in [9.17, 15) is 34.8 Å². The number of hydrogen-bond donors (Lipinski definition) is 0. The van der Waals surface area contributed by atoms with Crippen LogP contribution < -0.4 is 9.47 Å². The van der Waals surface area contributed by atoms with Crippen molar-refractivity contribution in [3.63, 3.8) is 0 Å². The van der Waals surface area contributed by atoms with Gasteiger partial charge in [0.2, 0.25) is 11.8 Å². The number of nitrogens with zero attached hydrogens (tertiary/aromatic N) is 4. The van der Waals surface area contributed by atoms with Gasteiger partial charge in [0, 0.05) is 22.9 Å². The number of ether oxygens (including phenoxy) is 2. The number of aromatic nitrogens is 4. The average molecular weight is 1010 g/mol. The van der Waals surface area contributed by atoms with Crippen molar-refractivity contribution in [2.45, 2.75) is 30.5 Å². The smallest absolute Gasteiger partial charge is 0.435 e. The maximum Gasteiger partial charge on any atom is 0.435 e. The Morgan fingerprint density at radius 2 is 0.967 bits per heavy atom. The molecule has 0 saturated heterocycles. The van der Waals surface area contributed by atoms with Crippen LogP contribution in [-0.4, -0.2) is 34.2 Å². The highest BCUT2D eigenvalue weighted by molar-refractivity contribution is 9.10. The maximum absolute atomic E-state index is 13.3. The van der Waals surface area contributed by atoms with Gasteiger partial charge in [0.15, 0.2) is 21.2 Å². The molecule has 0 aliphatic rings. The minimum atomic E-state index is -4.70. The van der Waals surface area contributed by atoms with E-state index >= 15 is 0 Å². The lowest BCUT2D eigenvalue weighted by atomic mass is 10.0. The maximum atomic E-state index is 13.3. The summed E-state index contributed by atoms with van der Waals surface area (Å²) in [6.07, 6.45) is -8.19. The molecule has 0 spiro atoms. The van der Waals surface area contributed by atoms with Crippen molar-refractivity contribution < 1.29 is 44.2 Å². The predicted octanol–water partition coefficient (Wildman–Crippen LogP) is 13.4. The molecule has 0 aliphatic carbocycles. The molecule has 0 unspecified atom stereocenters. The lowest BCUT2D eigenvalue weighted by molar-refractivity contribution is -0.142. The summed E-state index contributed by atoms with van der Waals surface area (Å²) in [4.78, 5) is 0.203. The number of rotatable bonds is 10. The first-order chi connectivity index (χ1) is 28.7. The third-order valence-electron chi connectivity index (χ3n) is 8.47. The second-order valence-electron chi connectivity index (χ2n) is 12.9. The Labute approximate surface area is 373 Å². The fourth-order valence-corrected chi connectivity index (χ4v) is 7.55. The highest BCUT2D eigenvalue weighted by Gasteiger charge is 2.37. The minimum absolute atomic E-state index is 0.0539. The molecular formula is C41H27BrCl4F6N4O4S. The lowest BCUT2D eigenvalue weighted by Gasteiger charge is -2.12. The highest BCUT2D eigenvalue weighted by atomic mass is 79.9. The zero-order chi connectivity index (χ0) is 44.3. The average Bonchev–Trinajstić information content (AvgIpc) is 3.82. The minimum Gasteiger partial charge on any atom is -0.473 e. The van der Waals surface area contributed by atoms with Gasteiger partial charge in [-0.2, -0.15) is 45.9 Å². The van der Waals surface area contributed by atoms with Crippen molar-refractivity contribution in [2.75, 3.05) is 6.26 Å².